The van der Waals surface area contributed by atoms with Crippen LogP contribution in [0.3, 0.4) is 0 Å². The van der Waals surface area contributed by atoms with Crippen LogP contribution < -0.4 is 0 Å². The molecule has 2 aromatic carbocycles. The molecular formula is C21H17N2O-. The SMILES string of the molecule is N#Cc1cccc2c1CCC1C(=CC(c3ccccc3)=CN1[O-])C2. The van der Waals surface area contributed by atoms with E-state index >= 15 is 0 Å². The van der Waals surface area contributed by atoms with E-state index in [1.807, 2.05) is 42.5 Å². The van der Waals surface area contributed by atoms with Crippen LogP contribution in [-0.2, 0) is 12.8 Å². The van der Waals surface area contributed by atoms with Crippen LogP contribution in [0.2, 0.25) is 0 Å². The van der Waals surface area contributed by atoms with Crippen molar-refractivity contribution >= 4 is 5.57 Å². The van der Waals surface area contributed by atoms with Crippen LogP contribution in [0.5, 0.6) is 0 Å². The Kier molecular flexibility index (Phi) is 3.68. The molecule has 0 saturated carbocycles. The third kappa shape index (κ3) is 2.51. The lowest BCUT2D eigenvalue weighted by molar-refractivity contribution is 0.385. The predicted molar refractivity (Wildman–Crippen MR) is 94.7 cm³/mol. The van der Waals surface area contributed by atoms with Crippen molar-refractivity contribution in [1.82, 2.24) is 5.06 Å². The second-order valence-electron chi connectivity index (χ2n) is 6.32. The molecule has 0 radical (unpaired) electrons. The molecule has 0 fully saturated rings. The number of allylic oxidation sites excluding steroid dienone is 2. The number of hydrogen-bond acceptors (Lipinski definition) is 3. The molecule has 0 aromatic heterocycles. The Morgan fingerprint density at radius 1 is 1.08 bits per heavy atom. The lowest BCUT2D eigenvalue weighted by Gasteiger charge is -2.40. The first-order valence-corrected chi connectivity index (χ1v) is 8.20. The first-order chi connectivity index (χ1) is 11.8. The number of hydrogen-bond donors (Lipinski definition) is 0. The fraction of sp³-hybridized carbons (Fsp3) is 0.190. The van der Waals surface area contributed by atoms with E-state index in [4.69, 9.17) is 0 Å². The van der Waals surface area contributed by atoms with Crippen LogP contribution in [0, 0.1) is 16.5 Å². The Labute approximate surface area is 141 Å². The van der Waals surface area contributed by atoms with Crippen LogP contribution in [0.15, 0.2) is 66.4 Å². The Bertz CT molecular complexity index is 874. The lowest BCUT2D eigenvalue weighted by atomic mass is 9.92. The zero-order valence-corrected chi connectivity index (χ0v) is 13.3. The summed E-state index contributed by atoms with van der Waals surface area (Å²) in [6.45, 7) is 0. The number of nitriles is 1. The second kappa shape index (κ2) is 5.99. The maximum Gasteiger partial charge on any atom is 0.0994 e. The zero-order chi connectivity index (χ0) is 16.5. The minimum Gasteiger partial charge on any atom is -0.758 e. The van der Waals surface area contributed by atoms with Gasteiger partial charge in [-0.3, -0.25) is 0 Å². The van der Waals surface area contributed by atoms with Gasteiger partial charge in [-0.15, -0.1) is 0 Å². The summed E-state index contributed by atoms with van der Waals surface area (Å²) in [5.74, 6) is 0. The molecule has 1 aliphatic carbocycles. The highest BCUT2D eigenvalue weighted by Gasteiger charge is 2.25. The van der Waals surface area contributed by atoms with Gasteiger partial charge in [-0.05, 0) is 59.4 Å². The summed E-state index contributed by atoms with van der Waals surface area (Å²) in [7, 11) is 0. The Morgan fingerprint density at radius 2 is 1.92 bits per heavy atom. The topological polar surface area (TPSA) is 50.1 Å². The first kappa shape index (κ1) is 14.7. The third-order valence-corrected chi connectivity index (χ3v) is 4.91. The molecule has 2 aliphatic rings. The molecule has 3 heteroatoms. The second-order valence-corrected chi connectivity index (χ2v) is 6.32. The van der Waals surface area contributed by atoms with E-state index in [0.29, 0.717) is 0 Å². The van der Waals surface area contributed by atoms with E-state index in [0.717, 1.165) is 52.2 Å². The van der Waals surface area contributed by atoms with Crippen molar-refractivity contribution < 1.29 is 0 Å². The molecule has 4 rings (SSSR count). The predicted octanol–water partition coefficient (Wildman–Crippen LogP) is 4.20. The van der Waals surface area contributed by atoms with Crippen LogP contribution in [-0.4, -0.2) is 11.1 Å². The molecule has 0 amide bonds. The highest BCUT2D eigenvalue weighted by atomic mass is 16.5. The molecule has 118 valence electrons. The molecule has 0 spiro atoms. The van der Waals surface area contributed by atoms with E-state index in [1.54, 1.807) is 6.20 Å². The molecule has 1 aliphatic heterocycles. The summed E-state index contributed by atoms with van der Waals surface area (Å²) < 4.78 is 0. The van der Waals surface area contributed by atoms with Gasteiger partial charge in [-0.25, -0.2) is 0 Å². The molecular weight excluding hydrogens is 296 g/mol. The quantitative estimate of drug-likeness (QED) is 0.793. The Morgan fingerprint density at radius 3 is 2.71 bits per heavy atom. The summed E-state index contributed by atoms with van der Waals surface area (Å²) in [6, 6.07) is 18.0. The molecule has 1 heterocycles. The summed E-state index contributed by atoms with van der Waals surface area (Å²) in [4.78, 5) is 0. The van der Waals surface area contributed by atoms with Gasteiger partial charge in [-0.1, -0.05) is 48.5 Å². The monoisotopic (exact) mass is 313 g/mol. The average Bonchev–Trinajstić information content (AvgIpc) is 2.81. The van der Waals surface area contributed by atoms with E-state index in [9.17, 15) is 10.5 Å². The number of benzene rings is 2. The summed E-state index contributed by atoms with van der Waals surface area (Å²) in [6.07, 6.45) is 6.11. The zero-order valence-electron chi connectivity index (χ0n) is 13.3. The number of hydroxylamine groups is 2. The summed E-state index contributed by atoms with van der Waals surface area (Å²) >= 11 is 0. The average molecular weight is 313 g/mol. The van der Waals surface area contributed by atoms with Gasteiger partial charge in [-0.2, -0.15) is 5.26 Å². The molecule has 1 unspecified atom stereocenters. The maximum absolute atomic E-state index is 12.6. The van der Waals surface area contributed by atoms with E-state index < -0.39 is 0 Å². The van der Waals surface area contributed by atoms with Gasteiger partial charge in [0.05, 0.1) is 11.6 Å². The third-order valence-electron chi connectivity index (χ3n) is 4.91. The van der Waals surface area contributed by atoms with Crippen molar-refractivity contribution in [3.8, 4) is 6.07 Å². The molecule has 0 saturated heterocycles. The fourth-order valence-electron chi connectivity index (χ4n) is 3.69. The minimum atomic E-state index is -0.128. The normalized spacial score (nSPS) is 19.3. The van der Waals surface area contributed by atoms with Crippen LogP contribution in [0.25, 0.3) is 5.57 Å². The van der Waals surface area contributed by atoms with Crippen LogP contribution in [0.4, 0.5) is 0 Å². The molecule has 0 N–H and O–H groups in total. The van der Waals surface area contributed by atoms with Gasteiger partial charge in [0, 0.05) is 6.04 Å². The maximum atomic E-state index is 12.6. The van der Waals surface area contributed by atoms with E-state index in [-0.39, 0.29) is 6.04 Å². The molecule has 1 atom stereocenters. The molecule has 2 aromatic rings. The highest BCUT2D eigenvalue weighted by molar-refractivity contribution is 5.76. The van der Waals surface area contributed by atoms with Crippen molar-refractivity contribution in [2.45, 2.75) is 25.3 Å². The van der Waals surface area contributed by atoms with Crippen LogP contribution in [0.1, 0.15) is 28.7 Å². The lowest BCUT2D eigenvalue weighted by Crippen LogP contribution is -2.30. The van der Waals surface area contributed by atoms with Gasteiger partial charge >= 0.3 is 0 Å². The van der Waals surface area contributed by atoms with E-state index in [1.165, 1.54) is 5.56 Å². The van der Waals surface area contributed by atoms with E-state index in [2.05, 4.69) is 18.2 Å². The van der Waals surface area contributed by atoms with Crippen molar-refractivity contribution in [2.75, 3.05) is 0 Å². The molecule has 0 bridgehead atoms. The van der Waals surface area contributed by atoms with Gasteiger partial charge in [0.2, 0.25) is 0 Å². The Hall–Kier alpha value is -2.83. The Balaban J connectivity index is 1.75. The van der Waals surface area contributed by atoms with Crippen molar-refractivity contribution in [2.24, 2.45) is 0 Å². The summed E-state index contributed by atoms with van der Waals surface area (Å²) in [5, 5.41) is 23.0. The highest BCUT2D eigenvalue weighted by Crippen LogP contribution is 2.34. The van der Waals surface area contributed by atoms with Gasteiger partial charge < -0.3 is 10.3 Å². The molecule has 24 heavy (non-hydrogen) atoms. The number of rotatable bonds is 1. The molecule has 3 nitrogen and oxygen atoms in total. The first-order valence-electron chi connectivity index (χ1n) is 8.20. The largest absolute Gasteiger partial charge is 0.758 e. The number of nitrogens with zero attached hydrogens (tertiary/aromatic N) is 2. The summed E-state index contributed by atoms with van der Waals surface area (Å²) in [5.41, 5.74) is 6.16. The standard InChI is InChI=1S/C21H17N2O/c22-13-17-8-4-7-16-11-18-12-19(15-5-2-1-3-6-15)14-23(24)21(18)10-9-20(16)17/h1-8,12,14,21H,9-11H2/q-1. The van der Waals surface area contributed by atoms with Crippen LogP contribution >= 0.6 is 0 Å². The van der Waals surface area contributed by atoms with Crippen molar-refractivity contribution in [3.63, 3.8) is 0 Å². The van der Waals surface area contributed by atoms with Gasteiger partial charge in [0.25, 0.3) is 0 Å². The van der Waals surface area contributed by atoms with Gasteiger partial charge in [0.15, 0.2) is 0 Å². The smallest absolute Gasteiger partial charge is 0.0994 e. The minimum absolute atomic E-state index is 0.128. The van der Waals surface area contributed by atoms with Crippen molar-refractivity contribution in [3.05, 3.63) is 93.8 Å². The van der Waals surface area contributed by atoms with Crippen molar-refractivity contribution in [1.29, 1.82) is 5.26 Å². The fourth-order valence-corrected chi connectivity index (χ4v) is 3.69. The van der Waals surface area contributed by atoms with Gasteiger partial charge in [0.1, 0.15) is 0 Å². The number of fused-ring (bicyclic) bond motifs is 2.